The van der Waals surface area contributed by atoms with E-state index in [9.17, 15) is 21.4 Å². The molecule has 0 saturated heterocycles. The van der Waals surface area contributed by atoms with E-state index < -0.39 is 30.8 Å². The van der Waals surface area contributed by atoms with Crippen molar-refractivity contribution in [3.8, 4) is 0 Å². The lowest BCUT2D eigenvalue weighted by atomic mass is 9.84. The fourth-order valence-electron chi connectivity index (χ4n) is 4.08. The van der Waals surface area contributed by atoms with Crippen LogP contribution in [0.1, 0.15) is 42.4 Å². The van der Waals surface area contributed by atoms with E-state index in [1.165, 1.54) is 6.07 Å². The van der Waals surface area contributed by atoms with Crippen molar-refractivity contribution in [2.45, 2.75) is 61.0 Å². The second kappa shape index (κ2) is 9.52. The Labute approximate surface area is 188 Å². The lowest BCUT2D eigenvalue weighted by molar-refractivity contribution is 0.360. The lowest BCUT2D eigenvalue weighted by Crippen LogP contribution is -2.24. The first-order chi connectivity index (χ1) is 14.5. The molecule has 1 aliphatic carbocycles. The molecule has 1 unspecified atom stereocenters. The van der Waals surface area contributed by atoms with E-state index in [-0.39, 0.29) is 15.0 Å². The van der Waals surface area contributed by atoms with Crippen LogP contribution in [-0.4, -0.2) is 32.9 Å². The van der Waals surface area contributed by atoms with E-state index >= 15 is 0 Å². The number of nitrogens with zero attached hydrogens (tertiary/aromatic N) is 1. The summed E-state index contributed by atoms with van der Waals surface area (Å²) in [6.45, 7) is 3.80. The second-order valence-electron chi connectivity index (χ2n) is 8.32. The summed E-state index contributed by atoms with van der Waals surface area (Å²) in [5.41, 5.74) is 2.60. The van der Waals surface area contributed by atoms with Gasteiger partial charge in [-0.05, 0) is 81.9 Å². The van der Waals surface area contributed by atoms with Gasteiger partial charge in [0.05, 0.1) is 9.79 Å². The van der Waals surface area contributed by atoms with Gasteiger partial charge in [-0.25, -0.2) is 0 Å². The molecule has 1 fully saturated rings. The lowest BCUT2D eigenvalue weighted by Gasteiger charge is -2.29. The van der Waals surface area contributed by atoms with Crippen molar-refractivity contribution in [3.63, 3.8) is 0 Å². The molecule has 1 aliphatic rings. The zero-order valence-electron chi connectivity index (χ0n) is 18.0. The van der Waals surface area contributed by atoms with Gasteiger partial charge in [-0.2, -0.15) is 16.8 Å². The van der Waals surface area contributed by atoms with Crippen molar-refractivity contribution in [1.82, 2.24) is 0 Å². The molecule has 0 radical (unpaired) electrons. The van der Waals surface area contributed by atoms with Crippen LogP contribution in [0, 0.1) is 19.8 Å². The monoisotopic (exact) mass is 483 g/mol. The maximum atomic E-state index is 12.6. The highest BCUT2D eigenvalue weighted by Gasteiger charge is 2.26. The highest BCUT2D eigenvalue weighted by molar-refractivity contribution is 8.00. The summed E-state index contributed by atoms with van der Waals surface area (Å²) in [5.74, 6) is 0.296. The Morgan fingerprint density at radius 1 is 0.935 bits per heavy atom. The van der Waals surface area contributed by atoms with Crippen LogP contribution in [0.2, 0.25) is 0 Å². The second-order valence-corrected chi connectivity index (χ2v) is 13.4. The fraction of sp³-hybridized carbons (Fsp3) is 0.455. The van der Waals surface area contributed by atoms with Crippen LogP contribution in [0.15, 0.2) is 56.0 Å². The van der Waals surface area contributed by atoms with Crippen molar-refractivity contribution in [2.24, 2.45) is 9.69 Å². The van der Waals surface area contributed by atoms with Crippen LogP contribution in [0.3, 0.4) is 0 Å². The van der Waals surface area contributed by atoms with Crippen LogP contribution in [0.25, 0.3) is 0 Å². The maximum Gasteiger partial charge on any atom is 0.294 e. The maximum absolute atomic E-state index is 12.6. The zero-order chi connectivity index (χ0) is 22.8. The number of hydrogen-bond donors (Lipinski definition) is 1. The first kappa shape index (κ1) is 24.1. The van der Waals surface area contributed by atoms with Crippen LogP contribution in [-0.2, 0) is 37.3 Å². The predicted octanol–water partition coefficient (Wildman–Crippen LogP) is 4.47. The molecule has 6 nitrogen and oxygen atoms in total. The van der Waals surface area contributed by atoms with Gasteiger partial charge in [-0.15, -0.1) is 3.77 Å². The molecule has 2 aromatic rings. The topological polar surface area (TPSA) is 101 Å². The van der Waals surface area contributed by atoms with Gasteiger partial charge in [0.15, 0.2) is 0 Å². The Bertz CT molecular complexity index is 1180. The molecule has 0 aromatic heterocycles. The Balaban J connectivity index is 1.68. The number of sulfonamides is 1. The van der Waals surface area contributed by atoms with Crippen LogP contribution in [0.4, 0.5) is 0 Å². The van der Waals surface area contributed by atoms with E-state index in [0.717, 1.165) is 36.8 Å². The van der Waals surface area contributed by atoms with E-state index in [1.807, 2.05) is 26.2 Å². The molecule has 0 bridgehead atoms. The van der Waals surface area contributed by atoms with E-state index in [4.69, 9.17) is 0 Å². The molecular weight excluding hydrogens is 454 g/mol. The van der Waals surface area contributed by atoms with Gasteiger partial charge in [0, 0.05) is 5.25 Å². The van der Waals surface area contributed by atoms with E-state index in [0.29, 0.717) is 17.9 Å². The molecule has 1 atom stereocenters. The van der Waals surface area contributed by atoms with E-state index in [2.05, 4.69) is 3.77 Å². The fourth-order valence-corrected chi connectivity index (χ4v) is 8.29. The summed E-state index contributed by atoms with van der Waals surface area (Å²) in [4.78, 5) is 0.206. The average Bonchev–Trinajstić information content (AvgIpc) is 2.67. The molecule has 0 aliphatic heterocycles. The third-order valence-electron chi connectivity index (χ3n) is 5.81. The summed E-state index contributed by atoms with van der Waals surface area (Å²) in [5, 5.41) is 0.204. The Kier molecular flexibility index (Phi) is 7.40. The quantitative estimate of drug-likeness (QED) is 0.611. The van der Waals surface area contributed by atoms with Gasteiger partial charge in [0.2, 0.25) is 0 Å². The number of aryl methyl sites for hydroxylation is 2. The first-order valence-corrected chi connectivity index (χ1v) is 14.8. The molecule has 170 valence electrons. The number of benzene rings is 2. The molecule has 0 amide bonds. The van der Waals surface area contributed by atoms with Crippen LogP contribution in [0.5, 0.6) is 0 Å². The van der Waals surface area contributed by atoms with Crippen LogP contribution >= 0.6 is 0 Å². The minimum Gasteiger partial charge on any atom is -0.282 e. The molecule has 1 N–H and O–H groups in total. The standard InChI is InChI=1S/C22H29NO5S3/c1-16-4-11-21(12-5-16)30(24,25)23-29(3)20-9-7-18(8-10-20)15-19-14-17(2)6-13-22(19)31(26,27)28/h4-6,11-14,18,20H,7-10,15H2,1-3H3,(H,26,27,28). The summed E-state index contributed by atoms with van der Waals surface area (Å²) in [6.07, 6.45) is 5.92. The molecule has 0 heterocycles. The van der Waals surface area contributed by atoms with Crippen LogP contribution < -0.4 is 0 Å². The smallest absolute Gasteiger partial charge is 0.282 e. The average molecular weight is 484 g/mol. The molecule has 3 rings (SSSR count). The van der Waals surface area contributed by atoms with Gasteiger partial charge in [-0.1, -0.05) is 46.1 Å². The molecule has 1 saturated carbocycles. The molecular formula is C22H29NO5S3. The van der Waals surface area contributed by atoms with Gasteiger partial charge < -0.3 is 0 Å². The highest BCUT2D eigenvalue weighted by Crippen LogP contribution is 2.32. The first-order valence-electron chi connectivity index (χ1n) is 10.2. The van der Waals surface area contributed by atoms with Gasteiger partial charge in [0.1, 0.15) is 0 Å². The van der Waals surface area contributed by atoms with Gasteiger partial charge in [-0.3, -0.25) is 4.55 Å². The zero-order valence-corrected chi connectivity index (χ0v) is 20.4. The third kappa shape index (κ3) is 6.25. The van der Waals surface area contributed by atoms with Crippen molar-refractivity contribution < 1.29 is 21.4 Å². The van der Waals surface area contributed by atoms with Crippen molar-refractivity contribution in [1.29, 1.82) is 0 Å². The molecule has 31 heavy (non-hydrogen) atoms. The Morgan fingerprint density at radius 2 is 1.52 bits per heavy atom. The Hall–Kier alpha value is -1.55. The van der Waals surface area contributed by atoms with E-state index in [1.54, 1.807) is 30.3 Å². The van der Waals surface area contributed by atoms with Crippen molar-refractivity contribution in [3.05, 3.63) is 59.2 Å². The minimum absolute atomic E-state index is 0.0188. The highest BCUT2D eigenvalue weighted by atomic mass is 32.3. The number of hydrogen-bond acceptors (Lipinski definition) is 4. The minimum atomic E-state index is -4.25. The van der Waals surface area contributed by atoms with Gasteiger partial charge in [0.25, 0.3) is 20.1 Å². The molecule has 9 heteroatoms. The summed E-state index contributed by atoms with van der Waals surface area (Å²) >= 11 is 0. The van der Waals surface area contributed by atoms with Gasteiger partial charge >= 0.3 is 0 Å². The molecule has 2 aromatic carbocycles. The third-order valence-corrected chi connectivity index (χ3v) is 10.8. The summed E-state index contributed by atoms with van der Waals surface area (Å²) in [6, 6.07) is 11.7. The predicted molar refractivity (Wildman–Crippen MR) is 125 cm³/mol. The normalized spacial score (nSPS) is 21.2. The number of rotatable bonds is 6. The molecule has 0 spiro atoms. The summed E-state index contributed by atoms with van der Waals surface area (Å²) < 4.78 is 62.4. The largest absolute Gasteiger partial charge is 0.294 e. The SMILES string of the molecule is Cc1ccc(S(=O)(=O)/N=S(/C)C2CCC(Cc3cc(C)ccc3S(=O)(=O)O)CC2)cc1. The Morgan fingerprint density at radius 3 is 2.10 bits per heavy atom. The van der Waals surface area contributed by atoms with Crippen molar-refractivity contribution in [2.75, 3.05) is 6.26 Å². The van der Waals surface area contributed by atoms with Crippen molar-refractivity contribution >= 4 is 30.8 Å². The summed E-state index contributed by atoms with van der Waals surface area (Å²) in [7, 11) is -8.54.